The van der Waals surface area contributed by atoms with Crippen LogP contribution in [0.25, 0.3) is 0 Å². The maximum absolute atomic E-state index is 12.9. The van der Waals surface area contributed by atoms with Gasteiger partial charge in [-0.2, -0.15) is 4.31 Å². The standard InChI is InChI=1S/C20H29N3O5S/c1-2-17-14-22(7-12-28-17)20(24)15-21-6-5-16-13-18(3-4-19(16)21)29(25,26)23-8-10-27-11-9-23/h3-4,13,17H,2,5-12,14-15H2,1H3. The minimum atomic E-state index is -3.50. The van der Waals surface area contributed by atoms with Crippen molar-refractivity contribution in [3.8, 4) is 0 Å². The Balaban J connectivity index is 1.45. The van der Waals surface area contributed by atoms with Gasteiger partial charge in [0.2, 0.25) is 15.9 Å². The third-order valence-electron chi connectivity index (χ3n) is 5.92. The second kappa shape index (κ2) is 8.59. The molecule has 0 aromatic heterocycles. The summed E-state index contributed by atoms with van der Waals surface area (Å²) < 4.78 is 38.2. The summed E-state index contributed by atoms with van der Waals surface area (Å²) in [5.74, 6) is 0.101. The van der Waals surface area contributed by atoms with E-state index >= 15 is 0 Å². The van der Waals surface area contributed by atoms with E-state index in [9.17, 15) is 13.2 Å². The van der Waals surface area contributed by atoms with Gasteiger partial charge in [0.15, 0.2) is 0 Å². The van der Waals surface area contributed by atoms with E-state index in [-0.39, 0.29) is 12.0 Å². The van der Waals surface area contributed by atoms with Crippen LogP contribution in [0.4, 0.5) is 5.69 Å². The van der Waals surface area contributed by atoms with Crippen molar-refractivity contribution in [3.05, 3.63) is 23.8 Å². The topological polar surface area (TPSA) is 79.4 Å². The maximum atomic E-state index is 12.9. The summed E-state index contributed by atoms with van der Waals surface area (Å²) >= 11 is 0. The van der Waals surface area contributed by atoms with Crippen LogP contribution in [0.1, 0.15) is 18.9 Å². The fraction of sp³-hybridized carbons (Fsp3) is 0.650. The van der Waals surface area contributed by atoms with E-state index < -0.39 is 10.0 Å². The molecule has 3 aliphatic rings. The zero-order valence-electron chi connectivity index (χ0n) is 16.9. The van der Waals surface area contributed by atoms with Gasteiger partial charge in [-0.3, -0.25) is 4.79 Å². The molecule has 9 heteroatoms. The fourth-order valence-corrected chi connectivity index (χ4v) is 5.62. The molecule has 8 nitrogen and oxygen atoms in total. The molecule has 3 aliphatic heterocycles. The molecular weight excluding hydrogens is 394 g/mol. The molecule has 0 aliphatic carbocycles. The molecule has 4 rings (SSSR count). The first-order valence-corrected chi connectivity index (χ1v) is 11.8. The summed E-state index contributed by atoms with van der Waals surface area (Å²) in [6.45, 7) is 6.61. The number of morpholine rings is 2. The third kappa shape index (κ3) is 4.28. The molecule has 3 heterocycles. The van der Waals surface area contributed by atoms with Crippen molar-refractivity contribution in [3.63, 3.8) is 0 Å². The van der Waals surface area contributed by atoms with Gasteiger partial charge >= 0.3 is 0 Å². The Kier molecular flexibility index (Phi) is 6.10. The van der Waals surface area contributed by atoms with Gasteiger partial charge in [0.1, 0.15) is 0 Å². The van der Waals surface area contributed by atoms with Crippen LogP contribution in [0.2, 0.25) is 0 Å². The number of ether oxygens (including phenoxy) is 2. The first kappa shape index (κ1) is 20.6. The SMILES string of the molecule is CCC1CN(C(=O)CN2CCc3cc(S(=O)(=O)N4CCOCC4)ccc32)CCO1. The van der Waals surface area contributed by atoms with Crippen molar-refractivity contribution in [1.82, 2.24) is 9.21 Å². The van der Waals surface area contributed by atoms with Crippen LogP contribution in [0, 0.1) is 0 Å². The minimum Gasteiger partial charge on any atom is -0.379 e. The van der Waals surface area contributed by atoms with Crippen LogP contribution in [-0.2, 0) is 30.7 Å². The van der Waals surface area contributed by atoms with E-state index in [0.29, 0.717) is 57.4 Å². The Hall–Kier alpha value is -1.68. The Morgan fingerprint density at radius 1 is 1.14 bits per heavy atom. The number of hydrogen-bond acceptors (Lipinski definition) is 6. The number of anilines is 1. The number of sulfonamides is 1. The van der Waals surface area contributed by atoms with Gasteiger partial charge in [-0.1, -0.05) is 6.92 Å². The zero-order valence-corrected chi connectivity index (χ0v) is 17.7. The Bertz CT molecular complexity index is 854. The van der Waals surface area contributed by atoms with Crippen LogP contribution < -0.4 is 4.90 Å². The van der Waals surface area contributed by atoms with Crippen molar-refractivity contribution in [2.75, 3.05) is 64.0 Å². The summed E-state index contributed by atoms with van der Waals surface area (Å²) in [6, 6.07) is 5.28. The lowest BCUT2D eigenvalue weighted by molar-refractivity contribution is -0.137. The van der Waals surface area contributed by atoms with E-state index in [0.717, 1.165) is 30.6 Å². The van der Waals surface area contributed by atoms with E-state index in [1.54, 1.807) is 12.1 Å². The summed E-state index contributed by atoms with van der Waals surface area (Å²) in [4.78, 5) is 17.0. The van der Waals surface area contributed by atoms with Crippen LogP contribution in [-0.4, -0.2) is 88.7 Å². The molecule has 0 N–H and O–H groups in total. The monoisotopic (exact) mass is 423 g/mol. The fourth-order valence-electron chi connectivity index (χ4n) is 4.16. The highest BCUT2D eigenvalue weighted by Gasteiger charge is 2.30. The highest BCUT2D eigenvalue weighted by atomic mass is 32.2. The Labute approximate surface area is 172 Å². The molecule has 0 spiro atoms. The average Bonchev–Trinajstić information content (AvgIpc) is 3.16. The quantitative estimate of drug-likeness (QED) is 0.694. The molecule has 2 saturated heterocycles. The van der Waals surface area contributed by atoms with Crippen molar-refractivity contribution in [1.29, 1.82) is 0 Å². The second-order valence-electron chi connectivity index (χ2n) is 7.72. The van der Waals surface area contributed by atoms with E-state index in [2.05, 4.69) is 11.8 Å². The van der Waals surface area contributed by atoms with Crippen LogP contribution in [0.3, 0.4) is 0 Å². The maximum Gasteiger partial charge on any atom is 0.243 e. The lowest BCUT2D eigenvalue weighted by atomic mass is 10.2. The average molecular weight is 424 g/mol. The minimum absolute atomic E-state index is 0.101. The number of carbonyl (C=O) groups excluding carboxylic acids is 1. The summed E-state index contributed by atoms with van der Waals surface area (Å²) in [5, 5.41) is 0. The van der Waals surface area contributed by atoms with Crippen molar-refractivity contribution in [2.45, 2.75) is 30.8 Å². The molecule has 160 valence electrons. The van der Waals surface area contributed by atoms with Gasteiger partial charge in [-0.15, -0.1) is 0 Å². The molecule has 0 saturated carbocycles. The molecule has 1 unspecified atom stereocenters. The van der Waals surface area contributed by atoms with Gasteiger partial charge in [0.25, 0.3) is 0 Å². The molecule has 1 amide bonds. The highest BCUT2D eigenvalue weighted by Crippen LogP contribution is 2.31. The van der Waals surface area contributed by atoms with Gasteiger partial charge in [0, 0.05) is 38.4 Å². The molecule has 2 fully saturated rings. The largest absolute Gasteiger partial charge is 0.379 e. The number of amides is 1. The zero-order chi connectivity index (χ0) is 20.4. The number of hydrogen-bond donors (Lipinski definition) is 0. The lowest BCUT2D eigenvalue weighted by Crippen LogP contribution is -2.48. The van der Waals surface area contributed by atoms with Crippen LogP contribution in [0.5, 0.6) is 0 Å². The second-order valence-corrected chi connectivity index (χ2v) is 9.66. The third-order valence-corrected chi connectivity index (χ3v) is 7.82. The predicted molar refractivity (Wildman–Crippen MR) is 109 cm³/mol. The van der Waals surface area contributed by atoms with Crippen molar-refractivity contribution < 1.29 is 22.7 Å². The molecule has 29 heavy (non-hydrogen) atoms. The summed E-state index contributed by atoms with van der Waals surface area (Å²) in [6.07, 6.45) is 1.76. The Morgan fingerprint density at radius 3 is 2.69 bits per heavy atom. The summed E-state index contributed by atoms with van der Waals surface area (Å²) in [7, 11) is -3.50. The lowest BCUT2D eigenvalue weighted by Gasteiger charge is -2.34. The number of fused-ring (bicyclic) bond motifs is 1. The number of rotatable bonds is 5. The van der Waals surface area contributed by atoms with E-state index in [4.69, 9.17) is 9.47 Å². The molecule has 0 radical (unpaired) electrons. The van der Waals surface area contributed by atoms with Gasteiger partial charge < -0.3 is 19.3 Å². The van der Waals surface area contributed by atoms with E-state index in [1.807, 2.05) is 11.0 Å². The van der Waals surface area contributed by atoms with Gasteiger partial charge in [-0.25, -0.2) is 8.42 Å². The van der Waals surface area contributed by atoms with Crippen molar-refractivity contribution in [2.24, 2.45) is 0 Å². The first-order valence-electron chi connectivity index (χ1n) is 10.3. The predicted octanol–water partition coefficient (Wildman–Crippen LogP) is 0.707. The molecule has 1 aromatic carbocycles. The molecular formula is C20H29N3O5S. The smallest absolute Gasteiger partial charge is 0.243 e. The normalized spacial score (nSPS) is 23.3. The van der Waals surface area contributed by atoms with Gasteiger partial charge in [0.05, 0.1) is 37.4 Å². The highest BCUT2D eigenvalue weighted by molar-refractivity contribution is 7.89. The van der Waals surface area contributed by atoms with Crippen molar-refractivity contribution >= 4 is 21.6 Å². The summed E-state index contributed by atoms with van der Waals surface area (Å²) in [5.41, 5.74) is 1.94. The number of benzene rings is 1. The van der Waals surface area contributed by atoms with E-state index in [1.165, 1.54) is 4.31 Å². The number of carbonyl (C=O) groups is 1. The Morgan fingerprint density at radius 2 is 1.93 bits per heavy atom. The first-order chi connectivity index (χ1) is 14.0. The van der Waals surface area contributed by atoms with Crippen LogP contribution >= 0.6 is 0 Å². The number of nitrogens with zero attached hydrogens (tertiary/aromatic N) is 3. The molecule has 0 bridgehead atoms. The van der Waals surface area contributed by atoms with Crippen LogP contribution in [0.15, 0.2) is 23.1 Å². The molecule has 1 aromatic rings. The van der Waals surface area contributed by atoms with Gasteiger partial charge in [-0.05, 0) is 36.6 Å². The molecule has 1 atom stereocenters.